The zero-order valence-electron chi connectivity index (χ0n) is 12.2. The molecule has 22 heavy (non-hydrogen) atoms. The van der Waals surface area contributed by atoms with Gasteiger partial charge in [0.25, 0.3) is 5.56 Å². The fraction of sp³-hybridized carbons (Fsp3) is 0.294. The van der Waals surface area contributed by atoms with Gasteiger partial charge in [-0.3, -0.25) is 4.79 Å². The van der Waals surface area contributed by atoms with E-state index >= 15 is 0 Å². The number of likely N-dealkylation sites (tertiary alicyclic amines) is 1. The van der Waals surface area contributed by atoms with Gasteiger partial charge >= 0.3 is 6.09 Å². The van der Waals surface area contributed by atoms with E-state index in [0.29, 0.717) is 13.1 Å². The van der Waals surface area contributed by atoms with Gasteiger partial charge in [-0.2, -0.15) is 0 Å². The number of rotatable bonds is 3. The van der Waals surface area contributed by atoms with Crippen molar-refractivity contribution in [1.82, 2.24) is 9.47 Å². The van der Waals surface area contributed by atoms with Gasteiger partial charge in [0.05, 0.1) is 6.04 Å². The average molecular weight is 298 g/mol. The van der Waals surface area contributed by atoms with Gasteiger partial charge in [-0.15, -0.1) is 0 Å². The summed E-state index contributed by atoms with van der Waals surface area (Å²) in [5.74, 6) is 0. The Morgan fingerprint density at radius 2 is 1.91 bits per heavy atom. The third-order valence-electron chi connectivity index (χ3n) is 3.87. The summed E-state index contributed by atoms with van der Waals surface area (Å²) in [6.07, 6.45) is 2.21. The molecule has 0 radical (unpaired) electrons. The minimum Gasteiger partial charge on any atom is -0.445 e. The smallest absolute Gasteiger partial charge is 0.410 e. The molecular formula is C17H18N2O3. The summed E-state index contributed by atoms with van der Waals surface area (Å²) in [6.45, 7) is 1.39. The monoisotopic (exact) mass is 298 g/mol. The number of hydrogen-bond acceptors (Lipinski definition) is 3. The fourth-order valence-electron chi connectivity index (χ4n) is 2.69. The van der Waals surface area contributed by atoms with Crippen molar-refractivity contribution in [3.8, 4) is 0 Å². The Morgan fingerprint density at radius 1 is 1.14 bits per heavy atom. The highest BCUT2D eigenvalue weighted by Gasteiger charge is 2.28. The van der Waals surface area contributed by atoms with Crippen LogP contribution in [0.3, 0.4) is 0 Å². The van der Waals surface area contributed by atoms with Gasteiger partial charge in [0, 0.05) is 25.4 Å². The molecule has 1 fully saturated rings. The van der Waals surface area contributed by atoms with E-state index in [1.165, 1.54) is 6.07 Å². The maximum atomic E-state index is 12.1. The molecule has 1 saturated heterocycles. The topological polar surface area (TPSA) is 51.5 Å². The van der Waals surface area contributed by atoms with Crippen LogP contribution in [0.5, 0.6) is 0 Å². The highest BCUT2D eigenvalue weighted by atomic mass is 16.6. The second kappa shape index (κ2) is 6.47. The minimum atomic E-state index is -0.324. The lowest BCUT2D eigenvalue weighted by Gasteiger charge is -2.17. The lowest BCUT2D eigenvalue weighted by Crippen LogP contribution is -2.31. The molecule has 114 valence electrons. The molecular weight excluding hydrogens is 280 g/mol. The summed E-state index contributed by atoms with van der Waals surface area (Å²) in [6, 6.07) is 14.7. The van der Waals surface area contributed by atoms with E-state index in [9.17, 15) is 9.59 Å². The van der Waals surface area contributed by atoms with Crippen molar-refractivity contribution in [2.24, 2.45) is 0 Å². The SMILES string of the molecule is O=C(OCc1ccccc1)N1CCC(n2ccccc2=O)C1. The molecule has 5 nitrogen and oxygen atoms in total. The quantitative estimate of drug-likeness (QED) is 0.874. The number of ether oxygens (including phenoxy) is 1. The largest absolute Gasteiger partial charge is 0.445 e. The standard InChI is InChI=1S/C17H18N2O3/c20-16-8-4-5-10-19(16)15-9-11-18(12-15)17(21)22-13-14-6-2-1-3-7-14/h1-8,10,15H,9,11-13H2. The van der Waals surface area contributed by atoms with Crippen LogP contribution in [0.25, 0.3) is 0 Å². The zero-order valence-corrected chi connectivity index (χ0v) is 12.2. The van der Waals surface area contributed by atoms with Crippen molar-refractivity contribution >= 4 is 6.09 Å². The number of amides is 1. The molecule has 0 aliphatic carbocycles. The Kier molecular flexibility index (Phi) is 4.23. The first-order chi connectivity index (χ1) is 10.7. The number of carbonyl (C=O) groups is 1. The Hall–Kier alpha value is -2.56. The molecule has 2 aromatic rings. The van der Waals surface area contributed by atoms with Crippen molar-refractivity contribution in [3.63, 3.8) is 0 Å². The van der Waals surface area contributed by atoms with Crippen LogP contribution in [0.1, 0.15) is 18.0 Å². The maximum absolute atomic E-state index is 12.1. The third-order valence-corrected chi connectivity index (χ3v) is 3.87. The number of carbonyl (C=O) groups excluding carboxylic acids is 1. The Labute approximate surface area is 128 Å². The molecule has 5 heteroatoms. The fourth-order valence-corrected chi connectivity index (χ4v) is 2.69. The molecule has 0 saturated carbocycles. The van der Waals surface area contributed by atoms with Gasteiger partial charge in [0.15, 0.2) is 0 Å². The highest BCUT2D eigenvalue weighted by Crippen LogP contribution is 2.20. The second-order valence-electron chi connectivity index (χ2n) is 5.37. The van der Waals surface area contributed by atoms with Gasteiger partial charge in [-0.1, -0.05) is 36.4 Å². The van der Waals surface area contributed by atoms with E-state index < -0.39 is 0 Å². The van der Waals surface area contributed by atoms with Crippen molar-refractivity contribution in [1.29, 1.82) is 0 Å². The zero-order chi connectivity index (χ0) is 15.4. The summed E-state index contributed by atoms with van der Waals surface area (Å²) < 4.78 is 7.01. The van der Waals surface area contributed by atoms with E-state index in [0.717, 1.165) is 12.0 Å². The Balaban J connectivity index is 1.57. The van der Waals surface area contributed by atoms with Crippen LogP contribution >= 0.6 is 0 Å². The van der Waals surface area contributed by atoms with E-state index in [2.05, 4.69) is 0 Å². The van der Waals surface area contributed by atoms with Gasteiger partial charge < -0.3 is 14.2 Å². The van der Waals surface area contributed by atoms with Crippen LogP contribution in [0.2, 0.25) is 0 Å². The minimum absolute atomic E-state index is 0.0259. The summed E-state index contributed by atoms with van der Waals surface area (Å²) >= 11 is 0. The molecule has 2 heterocycles. The van der Waals surface area contributed by atoms with Crippen molar-refractivity contribution in [3.05, 3.63) is 70.6 Å². The molecule has 1 aromatic carbocycles. The average Bonchev–Trinajstić information content (AvgIpc) is 3.04. The van der Waals surface area contributed by atoms with Gasteiger partial charge in [0.2, 0.25) is 0 Å². The van der Waals surface area contributed by atoms with Crippen molar-refractivity contribution in [2.75, 3.05) is 13.1 Å². The van der Waals surface area contributed by atoms with E-state index in [1.807, 2.05) is 36.4 Å². The van der Waals surface area contributed by atoms with Crippen LogP contribution in [0.15, 0.2) is 59.5 Å². The van der Waals surface area contributed by atoms with E-state index in [1.54, 1.807) is 21.7 Å². The van der Waals surface area contributed by atoms with Crippen molar-refractivity contribution < 1.29 is 9.53 Å². The lowest BCUT2D eigenvalue weighted by molar-refractivity contribution is 0.103. The molecule has 0 spiro atoms. The Morgan fingerprint density at radius 3 is 2.68 bits per heavy atom. The summed E-state index contributed by atoms with van der Waals surface area (Å²) in [5, 5.41) is 0. The van der Waals surface area contributed by atoms with Gasteiger partial charge in [0.1, 0.15) is 6.61 Å². The molecule has 1 aliphatic rings. The van der Waals surface area contributed by atoms with Crippen LogP contribution in [-0.2, 0) is 11.3 Å². The third kappa shape index (κ3) is 3.19. The summed E-state index contributed by atoms with van der Waals surface area (Å²) in [7, 11) is 0. The first kappa shape index (κ1) is 14.4. The van der Waals surface area contributed by atoms with E-state index in [-0.39, 0.29) is 24.3 Å². The second-order valence-corrected chi connectivity index (χ2v) is 5.37. The van der Waals surface area contributed by atoms with E-state index in [4.69, 9.17) is 4.74 Å². The number of nitrogens with zero attached hydrogens (tertiary/aromatic N) is 2. The number of pyridine rings is 1. The maximum Gasteiger partial charge on any atom is 0.410 e. The van der Waals surface area contributed by atoms with Crippen LogP contribution in [-0.4, -0.2) is 28.6 Å². The molecule has 3 rings (SSSR count). The van der Waals surface area contributed by atoms with Crippen LogP contribution < -0.4 is 5.56 Å². The molecule has 0 bridgehead atoms. The van der Waals surface area contributed by atoms with Crippen LogP contribution in [0.4, 0.5) is 4.79 Å². The first-order valence-corrected chi connectivity index (χ1v) is 7.37. The van der Waals surface area contributed by atoms with Gasteiger partial charge in [-0.25, -0.2) is 4.79 Å². The normalized spacial score (nSPS) is 17.5. The van der Waals surface area contributed by atoms with Crippen LogP contribution in [0, 0.1) is 0 Å². The number of hydrogen-bond donors (Lipinski definition) is 0. The number of benzene rings is 1. The summed E-state index contributed by atoms with van der Waals surface area (Å²) in [4.78, 5) is 25.6. The molecule has 1 aliphatic heterocycles. The summed E-state index contributed by atoms with van der Waals surface area (Å²) in [5.41, 5.74) is 0.929. The predicted octanol–water partition coefficient (Wildman–Crippen LogP) is 2.43. The highest BCUT2D eigenvalue weighted by molar-refractivity contribution is 5.68. The molecule has 1 unspecified atom stereocenters. The first-order valence-electron chi connectivity index (χ1n) is 7.37. The predicted molar refractivity (Wildman–Crippen MR) is 82.6 cm³/mol. The molecule has 1 atom stereocenters. The Bertz CT molecular complexity index is 696. The number of aromatic nitrogens is 1. The van der Waals surface area contributed by atoms with Gasteiger partial charge in [-0.05, 0) is 18.1 Å². The molecule has 1 amide bonds. The molecule has 1 aromatic heterocycles. The van der Waals surface area contributed by atoms with Crippen molar-refractivity contribution in [2.45, 2.75) is 19.1 Å². The molecule has 0 N–H and O–H groups in total. The lowest BCUT2D eigenvalue weighted by atomic mass is 10.2.